The van der Waals surface area contributed by atoms with Gasteiger partial charge < -0.3 is 10.6 Å². The van der Waals surface area contributed by atoms with Crippen LogP contribution in [-0.4, -0.2) is 13.1 Å². The lowest BCUT2D eigenvalue weighted by Crippen LogP contribution is -2.28. The lowest BCUT2D eigenvalue weighted by Gasteiger charge is -2.27. The predicted molar refractivity (Wildman–Crippen MR) is 76.7 cm³/mol. The SMILES string of the molecule is CCC(C)CN(CC)c1ccc(CN)cc1Cl. The van der Waals surface area contributed by atoms with Crippen LogP contribution in [0.15, 0.2) is 18.2 Å². The summed E-state index contributed by atoms with van der Waals surface area (Å²) >= 11 is 6.31. The number of benzene rings is 1. The summed E-state index contributed by atoms with van der Waals surface area (Å²) in [6.07, 6.45) is 1.19. The van der Waals surface area contributed by atoms with Crippen molar-refractivity contribution < 1.29 is 0 Å². The Morgan fingerprint density at radius 1 is 1.35 bits per heavy atom. The lowest BCUT2D eigenvalue weighted by molar-refractivity contribution is 0.548. The van der Waals surface area contributed by atoms with E-state index >= 15 is 0 Å². The summed E-state index contributed by atoms with van der Waals surface area (Å²) in [7, 11) is 0. The van der Waals surface area contributed by atoms with Gasteiger partial charge in [0.15, 0.2) is 0 Å². The Hall–Kier alpha value is -0.730. The summed E-state index contributed by atoms with van der Waals surface area (Å²) in [5.41, 5.74) is 7.81. The molecule has 0 aliphatic heterocycles. The molecule has 0 heterocycles. The number of hydrogen-bond donors (Lipinski definition) is 1. The van der Waals surface area contributed by atoms with Crippen LogP contribution >= 0.6 is 11.6 Å². The largest absolute Gasteiger partial charge is 0.370 e. The van der Waals surface area contributed by atoms with E-state index in [2.05, 4.69) is 37.8 Å². The number of nitrogens with zero attached hydrogens (tertiary/aromatic N) is 1. The van der Waals surface area contributed by atoms with Crippen LogP contribution in [0.25, 0.3) is 0 Å². The predicted octanol–water partition coefficient (Wildman–Crippen LogP) is 3.67. The van der Waals surface area contributed by atoms with Gasteiger partial charge in [0.1, 0.15) is 0 Å². The molecule has 0 amide bonds. The molecule has 96 valence electrons. The third kappa shape index (κ3) is 3.90. The van der Waals surface area contributed by atoms with Crippen molar-refractivity contribution in [2.24, 2.45) is 11.7 Å². The molecule has 0 radical (unpaired) electrons. The number of hydrogen-bond acceptors (Lipinski definition) is 2. The molecule has 0 aliphatic rings. The fraction of sp³-hybridized carbons (Fsp3) is 0.571. The molecule has 0 bridgehead atoms. The van der Waals surface area contributed by atoms with Crippen molar-refractivity contribution in [2.75, 3.05) is 18.0 Å². The van der Waals surface area contributed by atoms with Crippen molar-refractivity contribution >= 4 is 17.3 Å². The van der Waals surface area contributed by atoms with E-state index in [1.54, 1.807) is 0 Å². The summed E-state index contributed by atoms with van der Waals surface area (Å²) in [4.78, 5) is 2.33. The summed E-state index contributed by atoms with van der Waals surface area (Å²) in [5, 5.41) is 0.804. The van der Waals surface area contributed by atoms with E-state index in [0.29, 0.717) is 12.5 Å². The van der Waals surface area contributed by atoms with Crippen molar-refractivity contribution in [3.8, 4) is 0 Å². The molecule has 0 saturated heterocycles. The Morgan fingerprint density at radius 2 is 2.06 bits per heavy atom. The monoisotopic (exact) mass is 254 g/mol. The topological polar surface area (TPSA) is 29.3 Å². The molecule has 0 aliphatic carbocycles. The average molecular weight is 255 g/mol. The highest BCUT2D eigenvalue weighted by Crippen LogP contribution is 2.27. The number of nitrogens with two attached hydrogens (primary N) is 1. The van der Waals surface area contributed by atoms with E-state index in [1.165, 1.54) is 6.42 Å². The molecule has 1 aromatic carbocycles. The van der Waals surface area contributed by atoms with Gasteiger partial charge >= 0.3 is 0 Å². The van der Waals surface area contributed by atoms with Crippen LogP contribution in [0.4, 0.5) is 5.69 Å². The second-order valence-electron chi connectivity index (χ2n) is 4.54. The first kappa shape index (κ1) is 14.3. The second kappa shape index (κ2) is 6.87. The minimum Gasteiger partial charge on any atom is -0.370 e. The molecule has 3 heteroatoms. The Balaban J connectivity index is 2.88. The van der Waals surface area contributed by atoms with E-state index in [-0.39, 0.29) is 0 Å². The van der Waals surface area contributed by atoms with E-state index in [1.807, 2.05) is 6.07 Å². The highest BCUT2D eigenvalue weighted by molar-refractivity contribution is 6.33. The second-order valence-corrected chi connectivity index (χ2v) is 4.95. The Labute approximate surface area is 110 Å². The van der Waals surface area contributed by atoms with Crippen molar-refractivity contribution in [3.63, 3.8) is 0 Å². The van der Waals surface area contributed by atoms with E-state index < -0.39 is 0 Å². The van der Waals surface area contributed by atoms with Gasteiger partial charge in [-0.15, -0.1) is 0 Å². The zero-order valence-electron chi connectivity index (χ0n) is 11.0. The maximum absolute atomic E-state index is 6.31. The molecule has 0 aromatic heterocycles. The van der Waals surface area contributed by atoms with Crippen LogP contribution in [0.2, 0.25) is 5.02 Å². The molecule has 0 spiro atoms. The standard InChI is InChI=1S/C14H23ClN2/c1-4-11(3)10-17(5-2)14-7-6-12(9-16)8-13(14)15/h6-8,11H,4-5,9-10,16H2,1-3H3. The van der Waals surface area contributed by atoms with Crippen LogP contribution in [0.3, 0.4) is 0 Å². The van der Waals surface area contributed by atoms with Gasteiger partial charge in [-0.2, -0.15) is 0 Å². The van der Waals surface area contributed by atoms with Crippen LogP contribution in [0.1, 0.15) is 32.8 Å². The molecule has 0 fully saturated rings. The van der Waals surface area contributed by atoms with Crippen molar-refractivity contribution in [3.05, 3.63) is 28.8 Å². The molecule has 1 rings (SSSR count). The highest BCUT2D eigenvalue weighted by atomic mass is 35.5. The van der Waals surface area contributed by atoms with Crippen molar-refractivity contribution in [1.82, 2.24) is 0 Å². The average Bonchev–Trinajstić information content (AvgIpc) is 2.35. The fourth-order valence-corrected chi connectivity index (χ4v) is 2.16. The molecule has 1 unspecified atom stereocenters. The van der Waals surface area contributed by atoms with E-state index in [4.69, 9.17) is 17.3 Å². The first-order valence-corrected chi connectivity index (χ1v) is 6.73. The smallest absolute Gasteiger partial charge is 0.0642 e. The quantitative estimate of drug-likeness (QED) is 0.839. The molecular weight excluding hydrogens is 232 g/mol. The third-order valence-corrected chi connectivity index (χ3v) is 3.50. The van der Waals surface area contributed by atoms with Crippen molar-refractivity contribution in [1.29, 1.82) is 0 Å². The van der Waals surface area contributed by atoms with Gasteiger partial charge in [0.25, 0.3) is 0 Å². The summed E-state index contributed by atoms with van der Waals surface area (Å²) in [6.45, 7) is 9.22. The number of rotatable bonds is 6. The summed E-state index contributed by atoms with van der Waals surface area (Å²) in [6, 6.07) is 6.10. The molecule has 17 heavy (non-hydrogen) atoms. The maximum atomic E-state index is 6.31. The third-order valence-electron chi connectivity index (χ3n) is 3.20. The highest BCUT2D eigenvalue weighted by Gasteiger charge is 2.11. The normalized spacial score (nSPS) is 12.5. The van der Waals surface area contributed by atoms with Gasteiger partial charge in [0.05, 0.1) is 10.7 Å². The molecule has 1 atom stereocenters. The van der Waals surface area contributed by atoms with Gasteiger partial charge in [-0.05, 0) is 30.5 Å². The van der Waals surface area contributed by atoms with Crippen LogP contribution in [-0.2, 0) is 6.54 Å². The van der Waals surface area contributed by atoms with Gasteiger partial charge in [-0.3, -0.25) is 0 Å². The first-order chi connectivity index (χ1) is 8.12. The van der Waals surface area contributed by atoms with Crippen LogP contribution in [0.5, 0.6) is 0 Å². The summed E-state index contributed by atoms with van der Waals surface area (Å²) < 4.78 is 0. The summed E-state index contributed by atoms with van der Waals surface area (Å²) in [5.74, 6) is 0.681. The van der Waals surface area contributed by atoms with Crippen LogP contribution in [0, 0.1) is 5.92 Å². The number of halogens is 1. The molecular formula is C14H23ClN2. The van der Waals surface area contributed by atoms with E-state index in [9.17, 15) is 0 Å². The Morgan fingerprint density at radius 3 is 2.53 bits per heavy atom. The molecule has 0 saturated carbocycles. The van der Waals surface area contributed by atoms with E-state index in [0.717, 1.165) is 29.4 Å². The maximum Gasteiger partial charge on any atom is 0.0642 e. The Bertz CT molecular complexity index is 352. The minimum absolute atomic E-state index is 0.539. The molecule has 2 N–H and O–H groups in total. The van der Waals surface area contributed by atoms with Crippen molar-refractivity contribution in [2.45, 2.75) is 33.7 Å². The lowest BCUT2D eigenvalue weighted by atomic mass is 10.1. The fourth-order valence-electron chi connectivity index (χ4n) is 1.84. The molecule has 1 aromatic rings. The van der Waals surface area contributed by atoms with Gasteiger partial charge in [-0.25, -0.2) is 0 Å². The minimum atomic E-state index is 0.539. The van der Waals surface area contributed by atoms with Gasteiger partial charge in [0, 0.05) is 19.6 Å². The van der Waals surface area contributed by atoms with Crippen LogP contribution < -0.4 is 10.6 Å². The Kier molecular flexibility index (Phi) is 5.79. The van der Waals surface area contributed by atoms with Gasteiger partial charge in [0.2, 0.25) is 0 Å². The number of anilines is 1. The first-order valence-electron chi connectivity index (χ1n) is 6.35. The zero-order valence-corrected chi connectivity index (χ0v) is 11.8. The van der Waals surface area contributed by atoms with Gasteiger partial charge in [-0.1, -0.05) is 37.9 Å². The zero-order chi connectivity index (χ0) is 12.8. The molecule has 2 nitrogen and oxygen atoms in total.